The summed E-state index contributed by atoms with van der Waals surface area (Å²) in [6.45, 7) is 1.44. The van der Waals surface area contributed by atoms with Crippen molar-refractivity contribution in [2.45, 2.75) is 37.8 Å². The van der Waals surface area contributed by atoms with Gasteiger partial charge in [0.2, 0.25) is 6.79 Å². The molecule has 18 heavy (non-hydrogen) atoms. The Morgan fingerprint density at radius 1 is 1.28 bits per heavy atom. The summed E-state index contributed by atoms with van der Waals surface area (Å²) in [5.41, 5.74) is 7.41. The number of rotatable bonds is 3. The molecule has 0 amide bonds. The number of hydrogen-bond donors (Lipinski definition) is 2. The Hall–Kier alpha value is -1.26. The van der Waals surface area contributed by atoms with E-state index in [-0.39, 0.29) is 6.04 Å². The first-order valence-electron chi connectivity index (χ1n) is 6.71. The van der Waals surface area contributed by atoms with E-state index >= 15 is 0 Å². The van der Waals surface area contributed by atoms with E-state index in [4.69, 9.17) is 15.2 Å². The molecule has 2 aliphatic rings. The van der Waals surface area contributed by atoms with Crippen molar-refractivity contribution in [3.63, 3.8) is 0 Å². The fourth-order valence-corrected chi connectivity index (χ4v) is 2.71. The van der Waals surface area contributed by atoms with Gasteiger partial charge in [0, 0.05) is 12.1 Å². The average molecular weight is 248 g/mol. The summed E-state index contributed by atoms with van der Waals surface area (Å²) in [7, 11) is 0. The third kappa shape index (κ3) is 2.44. The Morgan fingerprint density at radius 3 is 3.00 bits per heavy atom. The minimum atomic E-state index is 0.0649. The molecule has 4 heteroatoms. The maximum atomic E-state index is 6.28. The largest absolute Gasteiger partial charge is 0.454 e. The third-order valence-electron chi connectivity index (χ3n) is 3.78. The van der Waals surface area contributed by atoms with Gasteiger partial charge >= 0.3 is 0 Å². The number of piperidine rings is 1. The Bertz CT molecular complexity index is 416. The fraction of sp³-hybridized carbons (Fsp3) is 0.571. The molecule has 3 rings (SSSR count). The van der Waals surface area contributed by atoms with Crippen molar-refractivity contribution in [3.8, 4) is 11.5 Å². The molecule has 0 aromatic heterocycles. The van der Waals surface area contributed by atoms with Crippen molar-refractivity contribution in [3.05, 3.63) is 23.8 Å². The number of fused-ring (bicyclic) bond motifs is 1. The topological polar surface area (TPSA) is 56.5 Å². The van der Waals surface area contributed by atoms with Gasteiger partial charge in [0.1, 0.15) is 0 Å². The molecule has 1 aromatic rings. The van der Waals surface area contributed by atoms with E-state index in [1.807, 2.05) is 18.2 Å². The molecule has 2 unspecified atom stereocenters. The van der Waals surface area contributed by atoms with Gasteiger partial charge in [-0.05, 0) is 43.5 Å². The second kappa shape index (κ2) is 5.16. The van der Waals surface area contributed by atoms with Crippen LogP contribution in [0.5, 0.6) is 11.5 Å². The molecule has 98 valence electrons. The number of benzene rings is 1. The summed E-state index contributed by atoms with van der Waals surface area (Å²) in [6, 6.07) is 6.62. The summed E-state index contributed by atoms with van der Waals surface area (Å²) in [4.78, 5) is 0. The zero-order valence-electron chi connectivity index (χ0n) is 10.5. The van der Waals surface area contributed by atoms with Crippen LogP contribution in [0.1, 0.15) is 37.3 Å². The summed E-state index contributed by atoms with van der Waals surface area (Å²) in [5, 5.41) is 3.54. The van der Waals surface area contributed by atoms with Gasteiger partial charge in [0.15, 0.2) is 11.5 Å². The van der Waals surface area contributed by atoms with Crippen molar-refractivity contribution >= 4 is 0 Å². The molecule has 1 saturated heterocycles. The van der Waals surface area contributed by atoms with Crippen LogP contribution in [0.2, 0.25) is 0 Å². The van der Waals surface area contributed by atoms with Crippen LogP contribution in [0.15, 0.2) is 18.2 Å². The molecule has 3 N–H and O–H groups in total. The maximum Gasteiger partial charge on any atom is 0.231 e. The second-order valence-electron chi connectivity index (χ2n) is 5.10. The van der Waals surface area contributed by atoms with Gasteiger partial charge in [-0.25, -0.2) is 0 Å². The van der Waals surface area contributed by atoms with E-state index in [0.717, 1.165) is 30.0 Å². The van der Waals surface area contributed by atoms with Gasteiger partial charge < -0.3 is 20.5 Å². The minimum Gasteiger partial charge on any atom is -0.454 e. The number of hydrogen-bond acceptors (Lipinski definition) is 4. The Morgan fingerprint density at radius 2 is 2.17 bits per heavy atom. The van der Waals surface area contributed by atoms with E-state index in [1.165, 1.54) is 19.3 Å². The lowest BCUT2D eigenvalue weighted by Crippen LogP contribution is -2.36. The summed E-state index contributed by atoms with van der Waals surface area (Å²) in [6.07, 6.45) is 4.82. The molecule has 0 saturated carbocycles. The lowest BCUT2D eigenvalue weighted by molar-refractivity contribution is 0.174. The molecule has 1 fully saturated rings. The van der Waals surface area contributed by atoms with E-state index in [2.05, 4.69) is 5.32 Å². The van der Waals surface area contributed by atoms with E-state index in [9.17, 15) is 0 Å². The van der Waals surface area contributed by atoms with Gasteiger partial charge in [0.25, 0.3) is 0 Å². The van der Waals surface area contributed by atoms with Crippen LogP contribution < -0.4 is 20.5 Å². The van der Waals surface area contributed by atoms with Gasteiger partial charge in [-0.3, -0.25) is 0 Å². The first-order valence-corrected chi connectivity index (χ1v) is 6.71. The maximum absolute atomic E-state index is 6.28. The lowest BCUT2D eigenvalue weighted by Gasteiger charge is -2.26. The molecule has 2 heterocycles. The highest BCUT2D eigenvalue weighted by Crippen LogP contribution is 2.34. The number of nitrogens with two attached hydrogens (primary N) is 1. The van der Waals surface area contributed by atoms with Crippen LogP contribution in [-0.4, -0.2) is 19.4 Å². The van der Waals surface area contributed by atoms with E-state index in [0.29, 0.717) is 12.8 Å². The zero-order chi connectivity index (χ0) is 12.4. The summed E-state index contributed by atoms with van der Waals surface area (Å²) in [5.74, 6) is 1.64. The second-order valence-corrected chi connectivity index (χ2v) is 5.10. The molecule has 1 aromatic carbocycles. The van der Waals surface area contributed by atoms with Crippen LogP contribution >= 0.6 is 0 Å². The summed E-state index contributed by atoms with van der Waals surface area (Å²) < 4.78 is 10.7. The molecular weight excluding hydrogens is 228 g/mol. The summed E-state index contributed by atoms with van der Waals surface area (Å²) >= 11 is 0. The molecule has 0 aliphatic carbocycles. The molecule has 4 nitrogen and oxygen atoms in total. The van der Waals surface area contributed by atoms with Crippen LogP contribution in [-0.2, 0) is 0 Å². The van der Waals surface area contributed by atoms with Gasteiger partial charge in [-0.15, -0.1) is 0 Å². The Balaban J connectivity index is 1.66. The highest BCUT2D eigenvalue weighted by atomic mass is 16.7. The normalized spacial score (nSPS) is 23.9. The van der Waals surface area contributed by atoms with Crippen LogP contribution in [0.4, 0.5) is 0 Å². The molecule has 0 spiro atoms. The van der Waals surface area contributed by atoms with Crippen molar-refractivity contribution in [2.75, 3.05) is 13.3 Å². The quantitative estimate of drug-likeness (QED) is 0.858. The zero-order valence-corrected chi connectivity index (χ0v) is 10.5. The van der Waals surface area contributed by atoms with Crippen LogP contribution in [0.3, 0.4) is 0 Å². The SMILES string of the molecule is NC(CC1CCCCN1)c1ccc2c(c1)OCO2. The predicted octanol–water partition coefficient (Wildman–Crippen LogP) is 1.95. The van der Waals surface area contributed by atoms with Crippen LogP contribution in [0.25, 0.3) is 0 Å². The lowest BCUT2D eigenvalue weighted by atomic mass is 9.94. The number of ether oxygens (including phenoxy) is 2. The third-order valence-corrected chi connectivity index (χ3v) is 3.78. The molecule has 0 radical (unpaired) electrons. The highest BCUT2D eigenvalue weighted by molar-refractivity contribution is 5.45. The monoisotopic (exact) mass is 248 g/mol. The van der Waals surface area contributed by atoms with Gasteiger partial charge in [-0.2, -0.15) is 0 Å². The van der Waals surface area contributed by atoms with Crippen molar-refractivity contribution in [1.29, 1.82) is 0 Å². The van der Waals surface area contributed by atoms with Gasteiger partial charge in [0.05, 0.1) is 0 Å². The standard InChI is InChI=1S/C14H20N2O2/c15-12(8-11-3-1-2-6-16-11)10-4-5-13-14(7-10)18-9-17-13/h4-5,7,11-12,16H,1-3,6,8-9,15H2. The first-order chi connectivity index (χ1) is 8.83. The van der Waals surface area contributed by atoms with Crippen molar-refractivity contribution in [2.24, 2.45) is 5.73 Å². The minimum absolute atomic E-state index is 0.0649. The van der Waals surface area contributed by atoms with Crippen molar-refractivity contribution in [1.82, 2.24) is 5.32 Å². The molecular formula is C14H20N2O2. The Labute approximate surface area is 107 Å². The molecule has 2 aliphatic heterocycles. The fourth-order valence-electron chi connectivity index (χ4n) is 2.71. The van der Waals surface area contributed by atoms with E-state index < -0.39 is 0 Å². The molecule has 2 atom stereocenters. The Kier molecular flexibility index (Phi) is 3.39. The highest BCUT2D eigenvalue weighted by Gasteiger charge is 2.19. The average Bonchev–Trinajstić information content (AvgIpc) is 2.87. The number of nitrogens with one attached hydrogen (secondary N) is 1. The first kappa shape index (κ1) is 11.8. The van der Waals surface area contributed by atoms with Gasteiger partial charge in [-0.1, -0.05) is 12.5 Å². The smallest absolute Gasteiger partial charge is 0.231 e. The van der Waals surface area contributed by atoms with Crippen molar-refractivity contribution < 1.29 is 9.47 Å². The van der Waals surface area contributed by atoms with Crippen LogP contribution in [0, 0.1) is 0 Å². The molecule has 0 bridgehead atoms. The predicted molar refractivity (Wildman–Crippen MR) is 69.8 cm³/mol. The van der Waals surface area contributed by atoms with E-state index in [1.54, 1.807) is 0 Å².